The summed E-state index contributed by atoms with van der Waals surface area (Å²) in [5, 5.41) is 26.1. The van der Waals surface area contributed by atoms with E-state index in [0.29, 0.717) is 0 Å². The predicted molar refractivity (Wildman–Crippen MR) is 72.9 cm³/mol. The number of nitriles is 2. The standard InChI is InChI=1S/C12H18N4O4S/c13-5-1-7-15(8-2-6-14)21(19,20)16-9-3-11(4-10-16)12(17)18/h11H,1-4,7-10H2,(H,17,18). The molecule has 9 heteroatoms. The Labute approximate surface area is 124 Å². The van der Waals surface area contributed by atoms with Gasteiger partial charge >= 0.3 is 5.97 Å². The van der Waals surface area contributed by atoms with Gasteiger partial charge < -0.3 is 5.11 Å². The van der Waals surface area contributed by atoms with Crippen molar-refractivity contribution >= 4 is 16.2 Å². The number of piperidine rings is 1. The fraction of sp³-hybridized carbons (Fsp3) is 0.750. The normalized spacial score (nSPS) is 17.3. The molecule has 116 valence electrons. The molecule has 1 heterocycles. The van der Waals surface area contributed by atoms with Gasteiger partial charge in [0.05, 0.1) is 18.1 Å². The zero-order valence-electron chi connectivity index (χ0n) is 11.6. The quantitative estimate of drug-likeness (QED) is 0.713. The van der Waals surface area contributed by atoms with Gasteiger partial charge in [0, 0.05) is 39.0 Å². The lowest BCUT2D eigenvalue weighted by molar-refractivity contribution is -0.142. The molecule has 0 radical (unpaired) electrons. The van der Waals surface area contributed by atoms with Crippen LogP contribution in [-0.2, 0) is 15.0 Å². The highest BCUT2D eigenvalue weighted by Crippen LogP contribution is 2.21. The van der Waals surface area contributed by atoms with Gasteiger partial charge in [0.25, 0.3) is 10.2 Å². The molecular weight excluding hydrogens is 296 g/mol. The maximum atomic E-state index is 12.5. The molecule has 0 unspecified atom stereocenters. The molecular formula is C12H18N4O4S. The van der Waals surface area contributed by atoms with Crippen LogP contribution in [0.4, 0.5) is 0 Å². The second-order valence-corrected chi connectivity index (χ2v) is 6.66. The lowest BCUT2D eigenvalue weighted by Gasteiger charge is -2.33. The summed E-state index contributed by atoms with van der Waals surface area (Å²) in [4.78, 5) is 10.9. The van der Waals surface area contributed by atoms with Crippen LogP contribution in [-0.4, -0.2) is 54.3 Å². The molecule has 1 N–H and O–H groups in total. The predicted octanol–water partition coefficient (Wildman–Crippen LogP) is 0.157. The Kier molecular flexibility index (Phi) is 6.56. The fourth-order valence-corrected chi connectivity index (χ4v) is 3.83. The third-order valence-electron chi connectivity index (χ3n) is 3.40. The van der Waals surface area contributed by atoms with Gasteiger partial charge in [0.1, 0.15) is 0 Å². The highest BCUT2D eigenvalue weighted by atomic mass is 32.2. The molecule has 0 aromatic rings. The van der Waals surface area contributed by atoms with Crippen LogP contribution in [0.15, 0.2) is 0 Å². The van der Waals surface area contributed by atoms with Gasteiger partial charge in [-0.25, -0.2) is 0 Å². The lowest BCUT2D eigenvalue weighted by atomic mass is 9.99. The van der Waals surface area contributed by atoms with E-state index in [-0.39, 0.29) is 51.9 Å². The average molecular weight is 314 g/mol. The van der Waals surface area contributed by atoms with Crippen LogP contribution < -0.4 is 0 Å². The Balaban J connectivity index is 2.75. The van der Waals surface area contributed by atoms with Gasteiger partial charge in [-0.3, -0.25) is 4.79 Å². The zero-order chi connectivity index (χ0) is 15.9. The molecule has 0 aromatic heterocycles. The van der Waals surface area contributed by atoms with Gasteiger partial charge in [-0.15, -0.1) is 0 Å². The van der Waals surface area contributed by atoms with Crippen LogP contribution in [0.1, 0.15) is 25.7 Å². The molecule has 21 heavy (non-hydrogen) atoms. The number of hydrogen-bond donors (Lipinski definition) is 1. The molecule has 0 atom stereocenters. The van der Waals surface area contributed by atoms with E-state index in [9.17, 15) is 13.2 Å². The highest BCUT2D eigenvalue weighted by Gasteiger charge is 2.34. The molecule has 1 saturated heterocycles. The van der Waals surface area contributed by atoms with Crippen LogP contribution >= 0.6 is 0 Å². The average Bonchev–Trinajstić information content (AvgIpc) is 2.47. The summed E-state index contributed by atoms with van der Waals surface area (Å²) in [6, 6.07) is 3.77. The first-order chi connectivity index (χ1) is 9.93. The topological polar surface area (TPSA) is 126 Å². The fourth-order valence-electron chi connectivity index (χ4n) is 2.19. The van der Waals surface area contributed by atoms with Crippen molar-refractivity contribution in [2.45, 2.75) is 25.7 Å². The van der Waals surface area contributed by atoms with Crippen molar-refractivity contribution in [1.29, 1.82) is 10.5 Å². The lowest BCUT2D eigenvalue weighted by Crippen LogP contribution is -2.48. The molecule has 1 fully saturated rings. The first-order valence-corrected chi connectivity index (χ1v) is 8.05. The Morgan fingerprint density at radius 2 is 1.67 bits per heavy atom. The highest BCUT2D eigenvalue weighted by molar-refractivity contribution is 7.86. The summed E-state index contributed by atoms with van der Waals surface area (Å²) in [7, 11) is -3.75. The van der Waals surface area contributed by atoms with Crippen LogP contribution in [0.5, 0.6) is 0 Å². The van der Waals surface area contributed by atoms with Crippen molar-refractivity contribution in [1.82, 2.24) is 8.61 Å². The molecule has 1 aliphatic heterocycles. The number of aliphatic carboxylic acids is 1. The minimum Gasteiger partial charge on any atom is -0.481 e. The molecule has 0 aliphatic carbocycles. The van der Waals surface area contributed by atoms with Crippen molar-refractivity contribution in [3.05, 3.63) is 0 Å². The van der Waals surface area contributed by atoms with Gasteiger partial charge in [-0.05, 0) is 12.8 Å². The van der Waals surface area contributed by atoms with E-state index in [1.807, 2.05) is 12.1 Å². The van der Waals surface area contributed by atoms with Crippen molar-refractivity contribution in [3.63, 3.8) is 0 Å². The first kappa shape index (κ1) is 17.4. The molecule has 1 rings (SSSR count). The second kappa shape index (κ2) is 7.93. The summed E-state index contributed by atoms with van der Waals surface area (Å²) in [5.41, 5.74) is 0. The molecule has 0 saturated carbocycles. The molecule has 0 spiro atoms. The maximum Gasteiger partial charge on any atom is 0.306 e. The summed E-state index contributed by atoms with van der Waals surface area (Å²) in [5.74, 6) is -1.42. The SMILES string of the molecule is N#CCCN(CCC#N)S(=O)(=O)N1CCC(C(=O)O)CC1. The summed E-state index contributed by atoms with van der Waals surface area (Å²) in [6.07, 6.45) is 0.657. The number of carboxylic acids is 1. The minimum atomic E-state index is -3.75. The Hall–Kier alpha value is -1.68. The van der Waals surface area contributed by atoms with Crippen molar-refractivity contribution < 1.29 is 18.3 Å². The van der Waals surface area contributed by atoms with E-state index in [4.69, 9.17) is 15.6 Å². The summed E-state index contributed by atoms with van der Waals surface area (Å²) < 4.78 is 27.3. The van der Waals surface area contributed by atoms with E-state index >= 15 is 0 Å². The van der Waals surface area contributed by atoms with Gasteiger partial charge in [-0.1, -0.05) is 0 Å². The largest absolute Gasteiger partial charge is 0.481 e. The Morgan fingerprint density at radius 1 is 1.19 bits per heavy atom. The van der Waals surface area contributed by atoms with Crippen LogP contribution in [0, 0.1) is 28.6 Å². The van der Waals surface area contributed by atoms with E-state index in [0.717, 1.165) is 4.31 Å². The van der Waals surface area contributed by atoms with Crippen LogP contribution in [0.2, 0.25) is 0 Å². The monoisotopic (exact) mass is 314 g/mol. The summed E-state index contributed by atoms with van der Waals surface area (Å²) in [6.45, 7) is 0.378. The molecule has 0 amide bonds. The van der Waals surface area contributed by atoms with Gasteiger partial charge in [0.2, 0.25) is 0 Å². The number of carboxylic acid groups (broad SMARTS) is 1. The van der Waals surface area contributed by atoms with Crippen LogP contribution in [0.25, 0.3) is 0 Å². The molecule has 1 aliphatic rings. The summed E-state index contributed by atoms with van der Waals surface area (Å²) >= 11 is 0. The Bertz CT molecular complexity index is 523. The molecule has 8 nitrogen and oxygen atoms in total. The van der Waals surface area contributed by atoms with E-state index in [1.54, 1.807) is 0 Å². The number of nitrogens with zero attached hydrogens (tertiary/aromatic N) is 4. The minimum absolute atomic E-state index is 0.0410. The molecule has 0 aromatic carbocycles. The Morgan fingerprint density at radius 3 is 2.05 bits per heavy atom. The third-order valence-corrected chi connectivity index (χ3v) is 5.44. The van der Waals surface area contributed by atoms with Crippen molar-refractivity contribution in [3.8, 4) is 12.1 Å². The van der Waals surface area contributed by atoms with E-state index < -0.39 is 22.1 Å². The maximum absolute atomic E-state index is 12.5. The molecule has 0 bridgehead atoms. The van der Waals surface area contributed by atoms with E-state index in [1.165, 1.54) is 4.31 Å². The zero-order valence-corrected chi connectivity index (χ0v) is 12.4. The van der Waals surface area contributed by atoms with Crippen LogP contribution in [0.3, 0.4) is 0 Å². The second-order valence-electron chi connectivity index (χ2n) is 4.73. The smallest absolute Gasteiger partial charge is 0.306 e. The van der Waals surface area contributed by atoms with Crippen molar-refractivity contribution in [2.75, 3.05) is 26.2 Å². The number of hydrogen-bond acceptors (Lipinski definition) is 5. The third kappa shape index (κ3) is 4.67. The van der Waals surface area contributed by atoms with Gasteiger partial charge in [-0.2, -0.15) is 27.6 Å². The number of carbonyl (C=O) groups is 1. The van der Waals surface area contributed by atoms with Crippen molar-refractivity contribution in [2.24, 2.45) is 5.92 Å². The van der Waals surface area contributed by atoms with Gasteiger partial charge in [0.15, 0.2) is 0 Å². The van der Waals surface area contributed by atoms with E-state index in [2.05, 4.69) is 0 Å². The number of rotatable bonds is 7. The first-order valence-electron chi connectivity index (χ1n) is 6.65.